The summed E-state index contributed by atoms with van der Waals surface area (Å²) in [7, 11) is 3.67. The predicted octanol–water partition coefficient (Wildman–Crippen LogP) is 3.26. The number of nitrogens with zero attached hydrogens (tertiary/aromatic N) is 4. The first kappa shape index (κ1) is 40.5. The van der Waals surface area contributed by atoms with E-state index < -0.39 is 65.5 Å². The average molecular weight is 774 g/mol. The van der Waals surface area contributed by atoms with Crippen molar-refractivity contribution < 1.29 is 38.6 Å². The minimum atomic E-state index is -1.42. The third-order valence-electron chi connectivity index (χ3n) is 11.7. The first-order valence-electron chi connectivity index (χ1n) is 19.9. The highest BCUT2D eigenvalue weighted by atomic mass is 16.6. The lowest BCUT2D eigenvalue weighted by Crippen LogP contribution is -2.58. The summed E-state index contributed by atoms with van der Waals surface area (Å²) in [6.45, 7) is 4.30. The van der Waals surface area contributed by atoms with Crippen molar-refractivity contribution in [2.45, 2.75) is 114 Å². The number of carboxylic acids is 1. The van der Waals surface area contributed by atoms with Crippen LogP contribution in [0.15, 0.2) is 42.6 Å². The molecule has 0 unspecified atom stereocenters. The number of ether oxygens (including phenoxy) is 1. The first-order valence-corrected chi connectivity index (χ1v) is 19.9. The van der Waals surface area contributed by atoms with Gasteiger partial charge in [0.15, 0.2) is 0 Å². The van der Waals surface area contributed by atoms with Crippen LogP contribution in [-0.4, -0.2) is 113 Å². The molecule has 1 aromatic carbocycles. The number of pyridine rings is 1. The molecule has 2 saturated heterocycles. The van der Waals surface area contributed by atoms with Crippen LogP contribution in [-0.2, 0) is 36.9 Å². The number of carboxylic acid groups (broad SMARTS) is 1. The standard InChI is InChI=1S/C41H55N7O8/c1-25(2)34(44-35(49)27-16-17-33(42-22-27)46(3)4)37(51)43-31-15-9-7-5-6-8-14-29-21-41(29,39(53)54)45-36(50)32-20-30(24-48(32)38(31)52)56-40(55)47-19-18-26-12-10-11-13-28(26)23-47/h10-13,16-17,22,25,29-32,34H,5-9,14-15,18-21,23-24H2,1-4H3,(H,43,51)(H,44,49)(H,45,50)(H,53,54)/t29-,30-,31+,32+,34-,41-/m1/s1. The lowest BCUT2D eigenvalue weighted by atomic mass is 10.00. The number of carbonyl (C=O) groups excluding carboxylic acids is 5. The maximum Gasteiger partial charge on any atom is 0.410 e. The summed E-state index contributed by atoms with van der Waals surface area (Å²) in [6, 6.07) is 8.02. The van der Waals surface area contributed by atoms with Gasteiger partial charge in [-0.2, -0.15) is 0 Å². The van der Waals surface area contributed by atoms with Gasteiger partial charge in [0.2, 0.25) is 17.7 Å². The van der Waals surface area contributed by atoms with Crippen LogP contribution in [0.25, 0.3) is 0 Å². The molecule has 4 aliphatic rings. The molecule has 4 heterocycles. The Labute approximate surface area is 327 Å². The third-order valence-corrected chi connectivity index (χ3v) is 11.7. The fourth-order valence-electron chi connectivity index (χ4n) is 8.23. The van der Waals surface area contributed by atoms with E-state index in [1.807, 2.05) is 38.4 Å². The van der Waals surface area contributed by atoms with Crippen LogP contribution >= 0.6 is 0 Å². The minimum absolute atomic E-state index is 0.0277. The molecule has 15 heteroatoms. The van der Waals surface area contributed by atoms with Gasteiger partial charge in [-0.1, -0.05) is 70.2 Å². The van der Waals surface area contributed by atoms with Crippen molar-refractivity contribution in [3.63, 3.8) is 0 Å². The van der Waals surface area contributed by atoms with Crippen LogP contribution in [0.3, 0.4) is 0 Å². The van der Waals surface area contributed by atoms with Crippen LogP contribution in [0, 0.1) is 11.8 Å². The summed E-state index contributed by atoms with van der Waals surface area (Å²) in [4.78, 5) is 91.0. The van der Waals surface area contributed by atoms with Crippen LogP contribution in [0.2, 0.25) is 0 Å². The smallest absolute Gasteiger partial charge is 0.410 e. The minimum Gasteiger partial charge on any atom is -0.479 e. The highest BCUT2D eigenvalue weighted by Crippen LogP contribution is 2.47. The number of fused-ring (bicyclic) bond motifs is 3. The quantitative estimate of drug-likeness (QED) is 0.310. The molecule has 0 bridgehead atoms. The number of nitrogens with one attached hydrogen (secondary N) is 3. The lowest BCUT2D eigenvalue weighted by Gasteiger charge is -2.31. The molecular formula is C41H55N7O8. The van der Waals surface area contributed by atoms with E-state index in [0.29, 0.717) is 44.6 Å². The summed E-state index contributed by atoms with van der Waals surface area (Å²) in [6.07, 6.45) is 5.88. The van der Waals surface area contributed by atoms with Crippen molar-refractivity contribution >= 4 is 41.5 Å². The summed E-state index contributed by atoms with van der Waals surface area (Å²) in [5.41, 5.74) is 1.05. The van der Waals surface area contributed by atoms with E-state index in [1.54, 1.807) is 35.8 Å². The van der Waals surface area contributed by atoms with Gasteiger partial charge in [0, 0.05) is 39.8 Å². The number of benzene rings is 1. The molecule has 56 heavy (non-hydrogen) atoms. The molecule has 6 rings (SSSR count). The van der Waals surface area contributed by atoms with Gasteiger partial charge in [-0.3, -0.25) is 19.2 Å². The van der Waals surface area contributed by atoms with Crippen molar-refractivity contribution in [2.24, 2.45) is 11.8 Å². The number of hydrogen-bond donors (Lipinski definition) is 4. The highest BCUT2D eigenvalue weighted by molar-refractivity contribution is 5.99. The predicted molar refractivity (Wildman–Crippen MR) is 206 cm³/mol. The van der Waals surface area contributed by atoms with Crippen molar-refractivity contribution in [1.82, 2.24) is 30.7 Å². The van der Waals surface area contributed by atoms with Crippen molar-refractivity contribution in [2.75, 3.05) is 32.1 Å². The van der Waals surface area contributed by atoms with Gasteiger partial charge in [0.25, 0.3) is 5.91 Å². The molecule has 15 nitrogen and oxygen atoms in total. The van der Waals surface area contributed by atoms with Gasteiger partial charge in [-0.05, 0) is 60.8 Å². The van der Waals surface area contributed by atoms with Gasteiger partial charge in [-0.15, -0.1) is 0 Å². The maximum atomic E-state index is 14.6. The fraction of sp³-hybridized carbons (Fsp3) is 0.585. The average Bonchev–Trinajstić information content (AvgIpc) is 3.72. The summed E-state index contributed by atoms with van der Waals surface area (Å²) in [5, 5.41) is 18.7. The number of amides is 5. The van der Waals surface area contributed by atoms with E-state index in [1.165, 1.54) is 16.7 Å². The van der Waals surface area contributed by atoms with E-state index in [0.717, 1.165) is 31.2 Å². The fourth-order valence-corrected chi connectivity index (χ4v) is 8.23. The molecule has 1 saturated carbocycles. The Bertz CT molecular complexity index is 1800. The Hall–Kier alpha value is -5.21. The van der Waals surface area contributed by atoms with Crippen LogP contribution < -0.4 is 20.9 Å². The number of aliphatic carboxylic acids is 1. The summed E-state index contributed by atoms with van der Waals surface area (Å²) in [5.74, 6) is -3.22. The van der Waals surface area contributed by atoms with Gasteiger partial charge in [0.05, 0.1) is 12.1 Å². The van der Waals surface area contributed by atoms with Crippen molar-refractivity contribution in [1.29, 1.82) is 0 Å². The van der Waals surface area contributed by atoms with Gasteiger partial charge < -0.3 is 40.5 Å². The number of rotatable bonds is 8. The Morgan fingerprint density at radius 2 is 1.71 bits per heavy atom. The second-order valence-corrected chi connectivity index (χ2v) is 16.3. The van der Waals surface area contributed by atoms with Gasteiger partial charge in [-0.25, -0.2) is 14.6 Å². The normalized spacial score (nSPS) is 25.9. The van der Waals surface area contributed by atoms with Gasteiger partial charge in [0.1, 0.15) is 35.6 Å². The number of anilines is 1. The highest BCUT2D eigenvalue weighted by Gasteiger charge is 2.62. The molecule has 0 spiro atoms. The Morgan fingerprint density at radius 1 is 1.00 bits per heavy atom. The molecule has 5 amide bonds. The molecule has 1 aliphatic carbocycles. The van der Waals surface area contributed by atoms with E-state index in [2.05, 4.69) is 20.9 Å². The molecule has 2 aromatic rings. The summed E-state index contributed by atoms with van der Waals surface area (Å²) >= 11 is 0. The Morgan fingerprint density at radius 3 is 2.39 bits per heavy atom. The molecule has 6 atom stereocenters. The molecule has 4 N–H and O–H groups in total. The molecule has 302 valence electrons. The zero-order valence-electron chi connectivity index (χ0n) is 32.8. The molecular weight excluding hydrogens is 718 g/mol. The number of carbonyl (C=O) groups is 6. The largest absolute Gasteiger partial charge is 0.479 e. The second-order valence-electron chi connectivity index (χ2n) is 16.3. The Balaban J connectivity index is 1.21. The van der Waals surface area contributed by atoms with E-state index in [-0.39, 0.29) is 36.8 Å². The van der Waals surface area contributed by atoms with Crippen LogP contribution in [0.1, 0.15) is 93.1 Å². The molecule has 0 radical (unpaired) electrons. The lowest BCUT2D eigenvalue weighted by molar-refractivity contribution is -0.146. The zero-order valence-corrected chi connectivity index (χ0v) is 32.8. The molecule has 3 fully saturated rings. The van der Waals surface area contributed by atoms with E-state index in [9.17, 15) is 33.9 Å². The van der Waals surface area contributed by atoms with Gasteiger partial charge >= 0.3 is 12.1 Å². The molecule has 3 aliphatic heterocycles. The van der Waals surface area contributed by atoms with E-state index in [4.69, 9.17) is 4.74 Å². The molecule has 1 aromatic heterocycles. The zero-order chi connectivity index (χ0) is 40.1. The van der Waals surface area contributed by atoms with Crippen LogP contribution in [0.4, 0.5) is 10.6 Å². The Kier molecular flexibility index (Phi) is 12.5. The van der Waals surface area contributed by atoms with Crippen molar-refractivity contribution in [3.8, 4) is 0 Å². The first-order chi connectivity index (χ1) is 26.8. The number of aromatic nitrogens is 1. The van der Waals surface area contributed by atoms with Crippen molar-refractivity contribution in [3.05, 3.63) is 59.3 Å². The topological polar surface area (TPSA) is 191 Å². The second kappa shape index (κ2) is 17.3. The SMILES string of the molecule is CC(C)[C@@H](NC(=O)c1ccc(N(C)C)nc1)C(=O)N[C@H]1CCCCCCC[C@@H]2C[C@@]2(C(=O)O)NC(=O)[C@@H]2C[C@@H](OC(=O)N3CCc4ccccc4C3)CN2C1=O. The number of hydrogen-bond acceptors (Lipinski definition) is 9. The maximum absolute atomic E-state index is 14.6. The third kappa shape index (κ3) is 9.08. The van der Waals surface area contributed by atoms with E-state index >= 15 is 0 Å². The monoisotopic (exact) mass is 773 g/mol. The summed E-state index contributed by atoms with van der Waals surface area (Å²) < 4.78 is 5.96. The van der Waals surface area contributed by atoms with Crippen LogP contribution in [0.5, 0.6) is 0 Å².